The average Bonchev–Trinajstić information content (AvgIpc) is 2.04. The third-order valence-corrected chi connectivity index (χ3v) is 1.72. The number of carboxylic acid groups (broad SMARTS) is 2. The van der Waals surface area contributed by atoms with Gasteiger partial charge in [-0.1, -0.05) is 0 Å². The zero-order chi connectivity index (χ0) is 10.0. The predicted molar refractivity (Wildman–Crippen MR) is 43.7 cm³/mol. The fourth-order valence-corrected chi connectivity index (χ4v) is 0.981. The van der Waals surface area contributed by atoms with Gasteiger partial charge in [0.05, 0.1) is 4.47 Å². The number of carbonyl (C=O) groups is 2. The Morgan fingerprint density at radius 2 is 1.92 bits per heavy atom. The van der Waals surface area contributed by atoms with E-state index >= 15 is 0 Å². The van der Waals surface area contributed by atoms with Crippen molar-refractivity contribution >= 4 is 27.9 Å². The van der Waals surface area contributed by atoms with E-state index in [1.54, 1.807) is 0 Å². The molecule has 68 valence electrons. The first-order valence-electron chi connectivity index (χ1n) is 3.01. The Morgan fingerprint density at radius 3 is 2.38 bits per heavy atom. The molecule has 0 saturated heterocycles. The molecule has 1 aromatic rings. The lowest BCUT2D eigenvalue weighted by Gasteiger charge is -1.97. The van der Waals surface area contributed by atoms with Crippen LogP contribution in [0.2, 0.25) is 0 Å². The highest BCUT2D eigenvalue weighted by atomic mass is 79.9. The first-order chi connectivity index (χ1) is 6.02. The third kappa shape index (κ3) is 2.00. The van der Waals surface area contributed by atoms with Gasteiger partial charge in [-0.15, -0.1) is 0 Å². The maximum Gasteiger partial charge on any atom is 0.373 e. The Labute approximate surface area is 80.4 Å². The summed E-state index contributed by atoms with van der Waals surface area (Å²) in [5, 5.41) is 17.0. The van der Waals surface area contributed by atoms with E-state index in [2.05, 4.69) is 25.9 Å². The second kappa shape index (κ2) is 3.48. The molecule has 0 saturated carbocycles. The van der Waals surface area contributed by atoms with Crippen molar-refractivity contribution in [1.29, 1.82) is 0 Å². The summed E-state index contributed by atoms with van der Waals surface area (Å²) in [7, 11) is 0. The molecule has 7 heteroatoms. The van der Waals surface area contributed by atoms with Crippen molar-refractivity contribution in [2.45, 2.75) is 0 Å². The molecule has 0 atom stereocenters. The summed E-state index contributed by atoms with van der Waals surface area (Å²) >= 11 is 2.88. The van der Waals surface area contributed by atoms with Gasteiger partial charge in [-0.3, -0.25) is 0 Å². The van der Waals surface area contributed by atoms with Crippen LogP contribution in [0.3, 0.4) is 0 Å². The van der Waals surface area contributed by atoms with Crippen LogP contribution in [-0.2, 0) is 0 Å². The highest BCUT2D eigenvalue weighted by Gasteiger charge is 2.15. The summed E-state index contributed by atoms with van der Waals surface area (Å²) in [4.78, 5) is 27.6. The van der Waals surface area contributed by atoms with Crippen molar-refractivity contribution < 1.29 is 19.8 Å². The number of aromatic carboxylic acids is 2. The highest BCUT2D eigenvalue weighted by molar-refractivity contribution is 9.10. The Morgan fingerprint density at radius 1 is 1.31 bits per heavy atom. The predicted octanol–water partition coefficient (Wildman–Crippen LogP) is 0.635. The van der Waals surface area contributed by atoms with Crippen LogP contribution in [0.1, 0.15) is 21.1 Å². The topological polar surface area (TPSA) is 100 Å². The number of nitrogens with zero attached hydrogens (tertiary/aromatic N) is 2. The first kappa shape index (κ1) is 9.59. The molecule has 13 heavy (non-hydrogen) atoms. The zero-order valence-electron chi connectivity index (χ0n) is 6.06. The third-order valence-electron chi connectivity index (χ3n) is 1.14. The van der Waals surface area contributed by atoms with Gasteiger partial charge >= 0.3 is 11.9 Å². The number of halogens is 1. The number of rotatable bonds is 2. The Bertz CT molecular complexity index is 379. The van der Waals surface area contributed by atoms with E-state index < -0.39 is 17.8 Å². The van der Waals surface area contributed by atoms with Gasteiger partial charge in [0, 0.05) is 6.20 Å². The number of carboxylic acids is 2. The van der Waals surface area contributed by atoms with E-state index in [1.807, 2.05) is 0 Å². The quantitative estimate of drug-likeness (QED) is 0.794. The molecule has 0 bridgehead atoms. The van der Waals surface area contributed by atoms with E-state index in [4.69, 9.17) is 10.2 Å². The fourth-order valence-electron chi connectivity index (χ4n) is 0.620. The van der Waals surface area contributed by atoms with Crippen molar-refractivity contribution in [2.75, 3.05) is 0 Å². The standard InChI is InChI=1S/C6H3BrN2O4/c7-2-1-8-4(6(12)13)9-3(2)5(10)11/h1H,(H,10,11)(H,12,13). The summed E-state index contributed by atoms with van der Waals surface area (Å²) in [6.07, 6.45) is 1.08. The monoisotopic (exact) mass is 246 g/mol. The molecule has 0 aliphatic heterocycles. The van der Waals surface area contributed by atoms with Gasteiger partial charge in [-0.05, 0) is 15.9 Å². The number of hydrogen-bond acceptors (Lipinski definition) is 4. The molecule has 0 aliphatic carbocycles. The molecule has 0 radical (unpaired) electrons. The Kier molecular flexibility index (Phi) is 2.57. The minimum absolute atomic E-state index is 0.144. The van der Waals surface area contributed by atoms with Crippen molar-refractivity contribution in [3.05, 3.63) is 22.2 Å². The van der Waals surface area contributed by atoms with Gasteiger partial charge in [-0.2, -0.15) is 0 Å². The smallest absolute Gasteiger partial charge is 0.373 e. The van der Waals surface area contributed by atoms with Crippen LogP contribution in [-0.4, -0.2) is 32.1 Å². The van der Waals surface area contributed by atoms with Gasteiger partial charge in [0.25, 0.3) is 0 Å². The van der Waals surface area contributed by atoms with E-state index in [9.17, 15) is 9.59 Å². The van der Waals surface area contributed by atoms with Gasteiger partial charge < -0.3 is 10.2 Å². The van der Waals surface area contributed by atoms with Crippen LogP contribution in [0.25, 0.3) is 0 Å². The van der Waals surface area contributed by atoms with Crippen LogP contribution in [0.4, 0.5) is 0 Å². The summed E-state index contributed by atoms with van der Waals surface area (Å²) in [6.45, 7) is 0. The molecular formula is C6H3BrN2O4. The lowest BCUT2D eigenvalue weighted by Crippen LogP contribution is -2.10. The molecule has 0 spiro atoms. The number of aromatic nitrogens is 2. The van der Waals surface area contributed by atoms with Crippen molar-refractivity contribution in [1.82, 2.24) is 9.97 Å². The van der Waals surface area contributed by atoms with Gasteiger partial charge in [-0.25, -0.2) is 19.6 Å². The van der Waals surface area contributed by atoms with E-state index in [-0.39, 0.29) is 10.2 Å². The normalized spacial score (nSPS) is 9.62. The van der Waals surface area contributed by atoms with Crippen molar-refractivity contribution in [3.8, 4) is 0 Å². The summed E-state index contributed by atoms with van der Waals surface area (Å²) < 4.78 is 0.144. The summed E-state index contributed by atoms with van der Waals surface area (Å²) in [5.41, 5.74) is -0.368. The second-order valence-electron chi connectivity index (χ2n) is 2.00. The fraction of sp³-hybridized carbons (Fsp3) is 0. The summed E-state index contributed by atoms with van der Waals surface area (Å²) in [6, 6.07) is 0. The number of hydrogen-bond donors (Lipinski definition) is 2. The van der Waals surface area contributed by atoms with E-state index in [0.717, 1.165) is 6.20 Å². The molecule has 1 aromatic heterocycles. The average molecular weight is 247 g/mol. The van der Waals surface area contributed by atoms with Gasteiger partial charge in [0.2, 0.25) is 5.82 Å². The molecule has 6 nitrogen and oxygen atoms in total. The van der Waals surface area contributed by atoms with Crippen LogP contribution in [0.5, 0.6) is 0 Å². The molecule has 0 aromatic carbocycles. The Balaban J connectivity index is 3.27. The zero-order valence-corrected chi connectivity index (χ0v) is 7.65. The first-order valence-corrected chi connectivity index (χ1v) is 3.81. The van der Waals surface area contributed by atoms with E-state index in [1.165, 1.54) is 0 Å². The molecule has 0 unspecified atom stereocenters. The summed E-state index contributed by atoms with van der Waals surface area (Å²) in [5.74, 6) is -3.22. The molecule has 1 heterocycles. The molecule has 2 N–H and O–H groups in total. The van der Waals surface area contributed by atoms with Crippen molar-refractivity contribution in [3.63, 3.8) is 0 Å². The lowest BCUT2D eigenvalue weighted by atomic mass is 10.4. The van der Waals surface area contributed by atoms with Gasteiger partial charge in [0.15, 0.2) is 5.69 Å². The minimum Gasteiger partial charge on any atom is -0.476 e. The lowest BCUT2D eigenvalue weighted by molar-refractivity contribution is 0.0678. The van der Waals surface area contributed by atoms with Gasteiger partial charge in [0.1, 0.15) is 0 Å². The second-order valence-corrected chi connectivity index (χ2v) is 2.85. The van der Waals surface area contributed by atoms with Crippen LogP contribution in [0, 0.1) is 0 Å². The Hall–Kier alpha value is -1.50. The van der Waals surface area contributed by atoms with Crippen LogP contribution >= 0.6 is 15.9 Å². The van der Waals surface area contributed by atoms with Crippen LogP contribution < -0.4 is 0 Å². The maximum atomic E-state index is 10.5. The minimum atomic E-state index is -1.37. The van der Waals surface area contributed by atoms with Crippen LogP contribution in [0.15, 0.2) is 10.7 Å². The molecule has 1 rings (SSSR count). The largest absolute Gasteiger partial charge is 0.476 e. The van der Waals surface area contributed by atoms with E-state index in [0.29, 0.717) is 0 Å². The maximum absolute atomic E-state index is 10.5. The van der Waals surface area contributed by atoms with Crippen molar-refractivity contribution in [2.24, 2.45) is 0 Å². The molecule has 0 fully saturated rings. The molecule has 0 amide bonds. The SMILES string of the molecule is O=C(O)c1ncc(Br)c(C(=O)O)n1. The molecule has 0 aliphatic rings. The molecular weight excluding hydrogens is 244 g/mol. The highest BCUT2D eigenvalue weighted by Crippen LogP contribution is 2.12.